The van der Waals surface area contributed by atoms with Gasteiger partial charge in [-0.1, -0.05) is 23.7 Å². The van der Waals surface area contributed by atoms with Crippen LogP contribution in [0.4, 0.5) is 5.69 Å². The molecule has 23 heavy (non-hydrogen) atoms. The van der Waals surface area contributed by atoms with Crippen molar-refractivity contribution in [1.29, 1.82) is 0 Å². The molecule has 0 saturated heterocycles. The number of aryl methyl sites for hydroxylation is 1. The Morgan fingerprint density at radius 2 is 1.87 bits per heavy atom. The van der Waals surface area contributed by atoms with Crippen LogP contribution in [0.1, 0.15) is 12.0 Å². The normalized spacial score (nSPS) is 10.2. The van der Waals surface area contributed by atoms with Crippen molar-refractivity contribution < 1.29 is 19.2 Å². The smallest absolute Gasteiger partial charge is 0.311 e. The summed E-state index contributed by atoms with van der Waals surface area (Å²) in [5.74, 6) is -0.211. The average molecular weight is 336 g/mol. The van der Waals surface area contributed by atoms with Crippen LogP contribution in [-0.4, -0.2) is 18.0 Å². The molecule has 0 radical (unpaired) electrons. The van der Waals surface area contributed by atoms with Gasteiger partial charge in [-0.05, 0) is 30.2 Å². The summed E-state index contributed by atoms with van der Waals surface area (Å²) in [6, 6.07) is 11.0. The van der Waals surface area contributed by atoms with Gasteiger partial charge >= 0.3 is 5.97 Å². The minimum Gasteiger partial charge on any atom is -0.493 e. The van der Waals surface area contributed by atoms with E-state index in [4.69, 9.17) is 21.1 Å². The summed E-state index contributed by atoms with van der Waals surface area (Å²) >= 11 is 5.79. The topological polar surface area (TPSA) is 78.7 Å². The van der Waals surface area contributed by atoms with Crippen molar-refractivity contribution in [1.82, 2.24) is 0 Å². The van der Waals surface area contributed by atoms with Crippen LogP contribution in [0.2, 0.25) is 5.02 Å². The lowest BCUT2D eigenvalue weighted by Gasteiger charge is -2.09. The van der Waals surface area contributed by atoms with Crippen LogP contribution >= 0.6 is 11.6 Å². The summed E-state index contributed by atoms with van der Waals surface area (Å²) in [6.07, 6.45) is 0.612. The van der Waals surface area contributed by atoms with Gasteiger partial charge < -0.3 is 9.47 Å². The molecule has 120 valence electrons. The molecule has 0 aromatic heterocycles. The van der Waals surface area contributed by atoms with Crippen LogP contribution < -0.4 is 9.47 Å². The minimum absolute atomic E-state index is 0.0304. The van der Waals surface area contributed by atoms with Gasteiger partial charge in [0.2, 0.25) is 0 Å². The number of nitro groups is 1. The quantitative estimate of drug-likeness (QED) is 0.347. The van der Waals surface area contributed by atoms with Crippen LogP contribution in [0.25, 0.3) is 0 Å². The van der Waals surface area contributed by atoms with E-state index >= 15 is 0 Å². The number of carbonyl (C=O) groups is 1. The molecule has 0 unspecified atom stereocenters. The van der Waals surface area contributed by atoms with Crippen LogP contribution in [-0.2, 0) is 11.2 Å². The van der Waals surface area contributed by atoms with E-state index in [0.29, 0.717) is 11.4 Å². The number of hydrogen-bond donors (Lipinski definition) is 0. The Kier molecular flexibility index (Phi) is 5.54. The number of esters is 1. The van der Waals surface area contributed by atoms with Crippen LogP contribution in [0.3, 0.4) is 0 Å². The van der Waals surface area contributed by atoms with Gasteiger partial charge in [0, 0.05) is 17.5 Å². The van der Waals surface area contributed by atoms with Crippen molar-refractivity contribution in [2.45, 2.75) is 12.8 Å². The molecule has 0 heterocycles. The third kappa shape index (κ3) is 4.69. The lowest BCUT2D eigenvalue weighted by atomic mass is 10.1. The first-order chi connectivity index (χ1) is 11.0. The number of non-ortho nitro benzene ring substituents is 1. The van der Waals surface area contributed by atoms with Crippen LogP contribution in [0, 0.1) is 10.1 Å². The third-order valence-electron chi connectivity index (χ3n) is 3.11. The number of ether oxygens (including phenoxy) is 2. The van der Waals surface area contributed by atoms with Crippen molar-refractivity contribution in [3.63, 3.8) is 0 Å². The lowest BCUT2D eigenvalue weighted by molar-refractivity contribution is -0.384. The second-order valence-corrected chi connectivity index (χ2v) is 5.13. The number of benzene rings is 2. The molecule has 0 aliphatic carbocycles. The molecule has 0 atom stereocenters. The van der Waals surface area contributed by atoms with Gasteiger partial charge in [-0.2, -0.15) is 0 Å². The molecular formula is C16H14ClNO5. The second kappa shape index (κ2) is 7.60. The van der Waals surface area contributed by atoms with Crippen molar-refractivity contribution in [3.05, 3.63) is 63.2 Å². The van der Waals surface area contributed by atoms with Crippen molar-refractivity contribution in [3.8, 4) is 11.5 Å². The maximum absolute atomic E-state index is 11.9. The molecule has 6 nitrogen and oxygen atoms in total. The van der Waals surface area contributed by atoms with Crippen molar-refractivity contribution in [2.24, 2.45) is 0 Å². The number of carbonyl (C=O) groups excluding carboxylic acids is 1. The fourth-order valence-corrected chi connectivity index (χ4v) is 2.06. The molecule has 0 fully saturated rings. The largest absolute Gasteiger partial charge is 0.493 e. The molecular weight excluding hydrogens is 322 g/mol. The van der Waals surface area contributed by atoms with Crippen molar-refractivity contribution >= 4 is 23.3 Å². The zero-order chi connectivity index (χ0) is 16.8. The van der Waals surface area contributed by atoms with Gasteiger partial charge in [-0.3, -0.25) is 14.9 Å². The highest BCUT2D eigenvalue weighted by Gasteiger charge is 2.15. The highest BCUT2D eigenvalue weighted by molar-refractivity contribution is 6.30. The monoisotopic (exact) mass is 335 g/mol. The number of hydrogen-bond acceptors (Lipinski definition) is 5. The zero-order valence-electron chi connectivity index (χ0n) is 12.3. The zero-order valence-corrected chi connectivity index (χ0v) is 13.1. The van der Waals surface area contributed by atoms with E-state index < -0.39 is 10.9 Å². The summed E-state index contributed by atoms with van der Waals surface area (Å²) in [6.45, 7) is 0. The highest BCUT2D eigenvalue weighted by atomic mass is 35.5. The molecule has 0 aliphatic heterocycles. The first-order valence-electron chi connectivity index (χ1n) is 6.77. The Hall–Kier alpha value is -2.60. The maximum atomic E-state index is 11.9. The highest BCUT2D eigenvalue weighted by Crippen LogP contribution is 2.31. The number of rotatable bonds is 6. The van der Waals surface area contributed by atoms with Crippen molar-refractivity contribution in [2.75, 3.05) is 7.11 Å². The summed E-state index contributed by atoms with van der Waals surface area (Å²) in [5, 5.41) is 11.4. The third-order valence-corrected chi connectivity index (χ3v) is 3.36. The lowest BCUT2D eigenvalue weighted by Crippen LogP contribution is -2.10. The number of methoxy groups -OCH3 is 1. The fraction of sp³-hybridized carbons (Fsp3) is 0.188. The maximum Gasteiger partial charge on any atom is 0.311 e. The van der Waals surface area contributed by atoms with E-state index in [1.807, 2.05) is 12.1 Å². The van der Waals surface area contributed by atoms with E-state index in [2.05, 4.69) is 0 Å². The number of halogens is 1. The molecule has 2 aromatic rings. The molecule has 2 rings (SSSR count). The molecule has 7 heteroatoms. The minimum atomic E-state index is -0.565. The first-order valence-corrected chi connectivity index (χ1v) is 7.15. The second-order valence-electron chi connectivity index (χ2n) is 4.69. The summed E-state index contributed by atoms with van der Waals surface area (Å²) < 4.78 is 10.2. The Bertz CT molecular complexity index is 715. The number of nitro benzene ring substituents is 1. The van der Waals surface area contributed by atoms with Gasteiger partial charge in [-0.25, -0.2) is 0 Å². The Morgan fingerprint density at radius 1 is 1.17 bits per heavy atom. The standard InChI is InChI=1S/C16H14ClNO5/c1-22-14-8-7-13(18(20)21)10-15(14)23-16(19)9-4-11-2-5-12(17)6-3-11/h2-3,5-8,10H,4,9H2,1H3. The van der Waals surface area contributed by atoms with Gasteiger partial charge in [-0.15, -0.1) is 0 Å². The Morgan fingerprint density at radius 3 is 2.48 bits per heavy atom. The molecule has 0 N–H and O–H groups in total. The predicted molar refractivity (Wildman–Crippen MR) is 85.1 cm³/mol. The van der Waals surface area contributed by atoms with Crippen LogP contribution in [0.5, 0.6) is 11.5 Å². The van der Waals surface area contributed by atoms with Gasteiger partial charge in [0.15, 0.2) is 11.5 Å². The molecule has 0 bridgehead atoms. The van der Waals surface area contributed by atoms with E-state index in [1.165, 1.54) is 25.3 Å². The Labute approximate surface area is 137 Å². The van der Waals surface area contributed by atoms with E-state index in [1.54, 1.807) is 12.1 Å². The summed E-state index contributed by atoms with van der Waals surface area (Å²) in [7, 11) is 1.40. The van der Waals surface area contributed by atoms with Gasteiger partial charge in [0.05, 0.1) is 18.1 Å². The van der Waals surface area contributed by atoms with Gasteiger partial charge in [0.1, 0.15) is 0 Å². The van der Waals surface area contributed by atoms with Crippen LogP contribution in [0.15, 0.2) is 42.5 Å². The molecule has 0 amide bonds. The SMILES string of the molecule is COc1ccc([N+](=O)[O-])cc1OC(=O)CCc1ccc(Cl)cc1. The van der Waals surface area contributed by atoms with E-state index in [-0.39, 0.29) is 23.6 Å². The first kappa shape index (κ1) is 16.8. The summed E-state index contributed by atoms with van der Waals surface area (Å²) in [4.78, 5) is 22.2. The molecule has 2 aromatic carbocycles. The van der Waals surface area contributed by atoms with E-state index in [0.717, 1.165) is 5.56 Å². The fourth-order valence-electron chi connectivity index (χ4n) is 1.93. The predicted octanol–water partition coefficient (Wildman–Crippen LogP) is 3.80. The molecule has 0 spiro atoms. The molecule has 0 aliphatic rings. The average Bonchev–Trinajstić information content (AvgIpc) is 2.54. The number of nitrogens with zero attached hydrogens (tertiary/aromatic N) is 1. The molecule has 0 saturated carbocycles. The van der Waals surface area contributed by atoms with Gasteiger partial charge in [0.25, 0.3) is 5.69 Å². The summed E-state index contributed by atoms with van der Waals surface area (Å²) in [5.41, 5.74) is 0.767. The Balaban J connectivity index is 2.02. The van der Waals surface area contributed by atoms with E-state index in [9.17, 15) is 14.9 Å².